The molecule has 0 unspecified atom stereocenters. The van der Waals surface area contributed by atoms with E-state index in [1.165, 1.54) is 11.1 Å². The standard InChI is InChI=1S/C22H26N2O4/c1-13-5-7-18(9-14(13)2)24-15(3)10-19(16(24)4)20(25)12-28-22(27)17-6-8-21(26)23-11-17/h5,7,9-10,17H,6,8,11-12H2,1-4H3,(H,23,26)/t17-/m1/s1. The van der Waals surface area contributed by atoms with Gasteiger partial charge in [0.05, 0.1) is 5.92 Å². The van der Waals surface area contributed by atoms with Crippen LogP contribution in [0.3, 0.4) is 0 Å². The summed E-state index contributed by atoms with van der Waals surface area (Å²) in [6, 6.07) is 8.03. The lowest BCUT2D eigenvalue weighted by Gasteiger charge is -2.20. The number of ether oxygens (including phenoxy) is 1. The van der Waals surface area contributed by atoms with Crippen molar-refractivity contribution in [1.82, 2.24) is 9.88 Å². The van der Waals surface area contributed by atoms with Gasteiger partial charge >= 0.3 is 5.97 Å². The highest BCUT2D eigenvalue weighted by Gasteiger charge is 2.27. The summed E-state index contributed by atoms with van der Waals surface area (Å²) in [5.41, 5.74) is 5.74. The molecule has 2 aromatic rings. The summed E-state index contributed by atoms with van der Waals surface area (Å²) in [6.07, 6.45) is 0.769. The lowest BCUT2D eigenvalue weighted by Crippen LogP contribution is -2.39. The van der Waals surface area contributed by atoms with Crippen molar-refractivity contribution in [1.29, 1.82) is 0 Å². The van der Waals surface area contributed by atoms with Crippen molar-refractivity contribution in [3.63, 3.8) is 0 Å². The van der Waals surface area contributed by atoms with E-state index in [0.717, 1.165) is 17.1 Å². The van der Waals surface area contributed by atoms with E-state index in [4.69, 9.17) is 4.74 Å². The number of nitrogens with one attached hydrogen (secondary N) is 1. The SMILES string of the molecule is Cc1ccc(-n2c(C)cc(C(=O)COC(=O)[C@@H]3CCC(=O)NC3)c2C)cc1C. The van der Waals surface area contributed by atoms with E-state index in [1.54, 1.807) is 0 Å². The van der Waals surface area contributed by atoms with Crippen LogP contribution >= 0.6 is 0 Å². The van der Waals surface area contributed by atoms with Crippen molar-refractivity contribution in [3.05, 3.63) is 52.3 Å². The first-order chi connectivity index (χ1) is 13.3. The largest absolute Gasteiger partial charge is 0.457 e. The molecule has 0 saturated carbocycles. The third-order valence-corrected chi connectivity index (χ3v) is 5.42. The maximum Gasteiger partial charge on any atom is 0.311 e. The number of hydrogen-bond acceptors (Lipinski definition) is 4. The summed E-state index contributed by atoms with van der Waals surface area (Å²) in [4.78, 5) is 36.0. The first kappa shape index (κ1) is 19.9. The van der Waals surface area contributed by atoms with Crippen molar-refractivity contribution in [2.45, 2.75) is 40.5 Å². The van der Waals surface area contributed by atoms with Gasteiger partial charge in [0.15, 0.2) is 6.61 Å². The molecule has 6 nitrogen and oxygen atoms in total. The molecule has 2 heterocycles. The number of piperidine rings is 1. The third-order valence-electron chi connectivity index (χ3n) is 5.42. The zero-order valence-corrected chi connectivity index (χ0v) is 16.8. The Morgan fingerprint density at radius 3 is 2.54 bits per heavy atom. The van der Waals surface area contributed by atoms with Crippen LogP contribution in [-0.4, -0.2) is 35.4 Å². The Bertz CT molecular complexity index is 932. The predicted octanol–water partition coefficient (Wildman–Crippen LogP) is 2.96. The molecule has 148 valence electrons. The quantitative estimate of drug-likeness (QED) is 0.637. The van der Waals surface area contributed by atoms with E-state index in [2.05, 4.69) is 31.3 Å². The number of amides is 1. The average Bonchev–Trinajstić information content (AvgIpc) is 2.97. The van der Waals surface area contributed by atoms with E-state index in [-0.39, 0.29) is 30.8 Å². The summed E-state index contributed by atoms with van der Waals surface area (Å²) < 4.78 is 7.27. The smallest absolute Gasteiger partial charge is 0.311 e. The van der Waals surface area contributed by atoms with Crippen LogP contribution in [0, 0.1) is 33.6 Å². The first-order valence-electron chi connectivity index (χ1n) is 9.51. The molecule has 0 bridgehead atoms. The molecule has 28 heavy (non-hydrogen) atoms. The van der Waals surface area contributed by atoms with Gasteiger partial charge in [-0.05, 0) is 63.4 Å². The van der Waals surface area contributed by atoms with E-state index >= 15 is 0 Å². The molecule has 1 N–H and O–H groups in total. The number of hydrogen-bond donors (Lipinski definition) is 1. The number of carbonyl (C=O) groups excluding carboxylic acids is 3. The normalized spacial score (nSPS) is 16.6. The molecular formula is C22H26N2O4. The number of carbonyl (C=O) groups is 3. The van der Waals surface area contributed by atoms with Crippen molar-refractivity contribution >= 4 is 17.7 Å². The number of aromatic nitrogens is 1. The Morgan fingerprint density at radius 1 is 1.14 bits per heavy atom. The number of benzene rings is 1. The molecule has 1 amide bonds. The van der Waals surface area contributed by atoms with E-state index in [9.17, 15) is 14.4 Å². The highest BCUT2D eigenvalue weighted by Crippen LogP contribution is 2.23. The molecule has 3 rings (SSSR count). The fraction of sp³-hybridized carbons (Fsp3) is 0.409. The van der Waals surface area contributed by atoms with Gasteiger partial charge in [0.1, 0.15) is 0 Å². The van der Waals surface area contributed by atoms with Gasteiger partial charge in [-0.15, -0.1) is 0 Å². The fourth-order valence-corrected chi connectivity index (χ4v) is 3.57. The van der Waals surface area contributed by atoms with Crippen molar-refractivity contribution in [2.75, 3.05) is 13.2 Å². The monoisotopic (exact) mass is 382 g/mol. The summed E-state index contributed by atoms with van der Waals surface area (Å²) in [5, 5.41) is 2.65. The second-order valence-electron chi connectivity index (χ2n) is 7.46. The summed E-state index contributed by atoms with van der Waals surface area (Å²) >= 11 is 0. The topological polar surface area (TPSA) is 77.4 Å². The van der Waals surface area contributed by atoms with Crippen LogP contribution in [0.1, 0.15) is 45.7 Å². The maximum absolute atomic E-state index is 12.7. The summed E-state index contributed by atoms with van der Waals surface area (Å²) in [6.45, 7) is 7.96. The van der Waals surface area contributed by atoms with Gasteiger partial charge < -0.3 is 14.6 Å². The molecule has 0 spiro atoms. The van der Waals surface area contributed by atoms with Gasteiger partial charge in [-0.3, -0.25) is 14.4 Å². The molecule has 6 heteroatoms. The highest BCUT2D eigenvalue weighted by atomic mass is 16.5. The summed E-state index contributed by atoms with van der Waals surface area (Å²) in [7, 11) is 0. The molecule has 1 aromatic heterocycles. The van der Waals surface area contributed by atoms with E-state index in [1.807, 2.05) is 30.5 Å². The fourth-order valence-electron chi connectivity index (χ4n) is 3.57. The van der Waals surface area contributed by atoms with E-state index in [0.29, 0.717) is 18.4 Å². The second kappa shape index (κ2) is 8.00. The molecule has 0 aliphatic carbocycles. The van der Waals surface area contributed by atoms with Gasteiger partial charge in [0.25, 0.3) is 0 Å². The minimum atomic E-state index is -0.434. The number of rotatable bonds is 5. The minimum Gasteiger partial charge on any atom is -0.457 e. The average molecular weight is 382 g/mol. The Kier molecular flexibility index (Phi) is 5.68. The highest BCUT2D eigenvalue weighted by molar-refractivity contribution is 5.99. The van der Waals surface area contributed by atoms with Crippen LogP contribution in [0.15, 0.2) is 24.3 Å². The molecule has 1 aliphatic heterocycles. The molecule has 1 aromatic carbocycles. The lowest BCUT2D eigenvalue weighted by atomic mass is 9.99. The molecule has 1 saturated heterocycles. The number of nitrogens with zero attached hydrogens (tertiary/aromatic N) is 1. The van der Waals surface area contributed by atoms with Crippen LogP contribution in [0.5, 0.6) is 0 Å². The zero-order valence-electron chi connectivity index (χ0n) is 16.8. The van der Waals surface area contributed by atoms with Crippen molar-refractivity contribution in [3.8, 4) is 5.69 Å². The van der Waals surface area contributed by atoms with Crippen LogP contribution in [0.25, 0.3) is 5.69 Å². The van der Waals surface area contributed by atoms with Crippen LogP contribution in [-0.2, 0) is 14.3 Å². The number of Topliss-reactive ketones (excluding diaryl/α,β-unsaturated/α-hetero) is 1. The predicted molar refractivity (Wildman–Crippen MR) is 106 cm³/mol. The van der Waals surface area contributed by atoms with Crippen LogP contribution in [0.4, 0.5) is 0 Å². The van der Waals surface area contributed by atoms with Crippen LogP contribution < -0.4 is 5.32 Å². The van der Waals surface area contributed by atoms with Gasteiger partial charge in [0, 0.05) is 35.6 Å². The molecule has 1 atom stereocenters. The molecule has 1 aliphatic rings. The Labute approximate surface area is 164 Å². The number of ketones is 1. The second-order valence-corrected chi connectivity index (χ2v) is 7.46. The molecular weight excluding hydrogens is 356 g/mol. The zero-order chi connectivity index (χ0) is 20.4. The maximum atomic E-state index is 12.7. The van der Waals surface area contributed by atoms with Crippen LogP contribution in [0.2, 0.25) is 0 Å². The Balaban J connectivity index is 1.71. The van der Waals surface area contributed by atoms with Gasteiger partial charge in [-0.2, -0.15) is 0 Å². The molecule has 1 fully saturated rings. The molecule has 0 radical (unpaired) electrons. The Morgan fingerprint density at radius 2 is 1.89 bits per heavy atom. The van der Waals surface area contributed by atoms with Gasteiger partial charge in [0.2, 0.25) is 11.7 Å². The number of esters is 1. The number of aryl methyl sites for hydroxylation is 3. The Hall–Kier alpha value is -2.89. The minimum absolute atomic E-state index is 0.0566. The van der Waals surface area contributed by atoms with E-state index < -0.39 is 5.97 Å². The lowest BCUT2D eigenvalue weighted by molar-refractivity contribution is -0.148. The third kappa shape index (κ3) is 4.01. The van der Waals surface area contributed by atoms with Gasteiger partial charge in [-0.1, -0.05) is 6.07 Å². The summed E-state index contributed by atoms with van der Waals surface area (Å²) in [5.74, 6) is -1.10. The van der Waals surface area contributed by atoms with Crippen molar-refractivity contribution in [2.24, 2.45) is 5.92 Å². The first-order valence-corrected chi connectivity index (χ1v) is 9.51. The van der Waals surface area contributed by atoms with Gasteiger partial charge in [-0.25, -0.2) is 0 Å². The van der Waals surface area contributed by atoms with Crippen molar-refractivity contribution < 1.29 is 19.1 Å².